The van der Waals surface area contributed by atoms with Crippen LogP contribution in [-0.4, -0.2) is 48.7 Å². The average molecular weight is 301 g/mol. The highest BCUT2D eigenvalue weighted by Gasteiger charge is 2.19. The minimum atomic E-state index is -0.789. The zero-order valence-electron chi connectivity index (χ0n) is 13.0. The van der Waals surface area contributed by atoms with Gasteiger partial charge in [0.15, 0.2) is 0 Å². The van der Waals surface area contributed by atoms with Crippen molar-refractivity contribution in [1.29, 1.82) is 5.26 Å². The molecule has 5 heteroatoms. The van der Waals surface area contributed by atoms with Crippen molar-refractivity contribution in [2.24, 2.45) is 5.92 Å². The Morgan fingerprint density at radius 3 is 2.82 bits per heavy atom. The molecule has 118 valence electrons. The number of hydrogen-bond acceptors (Lipinski definition) is 4. The number of benzene rings is 1. The van der Waals surface area contributed by atoms with Crippen LogP contribution in [0.3, 0.4) is 0 Å². The van der Waals surface area contributed by atoms with E-state index in [0.717, 1.165) is 31.9 Å². The monoisotopic (exact) mass is 301 g/mol. The number of carbonyl (C=O) groups is 1. The first kappa shape index (κ1) is 16.3. The maximum absolute atomic E-state index is 11.2. The number of rotatable bonds is 7. The third-order valence-corrected chi connectivity index (χ3v) is 4.14. The van der Waals surface area contributed by atoms with E-state index in [-0.39, 0.29) is 0 Å². The first-order valence-electron chi connectivity index (χ1n) is 7.80. The zero-order valence-corrected chi connectivity index (χ0v) is 13.0. The number of carboxylic acids is 1. The normalized spacial score (nSPS) is 16.2. The van der Waals surface area contributed by atoms with Crippen LogP contribution in [0.5, 0.6) is 0 Å². The summed E-state index contributed by atoms with van der Waals surface area (Å²) in [6, 6.07) is 9.53. The van der Waals surface area contributed by atoms with Crippen LogP contribution in [0.1, 0.15) is 25.3 Å². The molecule has 1 atom stereocenters. The highest BCUT2D eigenvalue weighted by molar-refractivity contribution is 5.70. The van der Waals surface area contributed by atoms with Gasteiger partial charge in [-0.1, -0.05) is 13.0 Å². The number of nitrogens with zero attached hydrogens (tertiary/aromatic N) is 3. The molecule has 1 aromatic rings. The smallest absolute Gasteiger partial charge is 0.308 e. The van der Waals surface area contributed by atoms with Crippen LogP contribution in [0, 0.1) is 17.2 Å². The predicted molar refractivity (Wildman–Crippen MR) is 85.8 cm³/mol. The van der Waals surface area contributed by atoms with Crippen molar-refractivity contribution in [1.82, 2.24) is 4.90 Å². The highest BCUT2D eigenvalue weighted by atomic mass is 16.4. The number of hydrogen-bond donors (Lipinski definition) is 1. The van der Waals surface area contributed by atoms with Crippen LogP contribution < -0.4 is 4.90 Å². The lowest BCUT2D eigenvalue weighted by Gasteiger charge is -2.29. The second-order valence-corrected chi connectivity index (χ2v) is 5.90. The SMILES string of the molecule is CC(CN(CCN1CCCC1)c1cccc(C#N)c1)C(=O)O. The van der Waals surface area contributed by atoms with E-state index in [9.17, 15) is 4.79 Å². The summed E-state index contributed by atoms with van der Waals surface area (Å²) in [5.41, 5.74) is 1.53. The molecule has 22 heavy (non-hydrogen) atoms. The second-order valence-electron chi connectivity index (χ2n) is 5.90. The Hall–Kier alpha value is -2.06. The molecule has 0 saturated carbocycles. The Labute approximate surface area is 131 Å². The van der Waals surface area contributed by atoms with Crippen LogP contribution in [0.25, 0.3) is 0 Å². The van der Waals surface area contributed by atoms with Gasteiger partial charge in [-0.2, -0.15) is 5.26 Å². The molecular formula is C17H23N3O2. The van der Waals surface area contributed by atoms with Crippen LogP contribution in [0.2, 0.25) is 0 Å². The van der Waals surface area contributed by atoms with Gasteiger partial charge in [0, 0.05) is 25.3 Å². The van der Waals surface area contributed by atoms with E-state index in [0.29, 0.717) is 12.1 Å². The summed E-state index contributed by atoms with van der Waals surface area (Å²) < 4.78 is 0. The number of aliphatic carboxylic acids is 1. The molecule has 0 radical (unpaired) electrons. The zero-order chi connectivity index (χ0) is 15.9. The lowest BCUT2D eigenvalue weighted by molar-refractivity contribution is -0.140. The number of carboxylic acid groups (broad SMARTS) is 1. The lowest BCUT2D eigenvalue weighted by Crippen LogP contribution is -2.38. The minimum absolute atomic E-state index is 0.440. The molecule has 1 N–H and O–H groups in total. The van der Waals surface area contributed by atoms with Gasteiger partial charge in [0.1, 0.15) is 0 Å². The molecule has 1 aromatic carbocycles. The molecule has 1 aliphatic rings. The van der Waals surface area contributed by atoms with Crippen LogP contribution in [-0.2, 0) is 4.79 Å². The molecule has 0 spiro atoms. The molecular weight excluding hydrogens is 278 g/mol. The molecule has 1 unspecified atom stereocenters. The van der Waals surface area contributed by atoms with Gasteiger partial charge in [-0.05, 0) is 44.1 Å². The molecule has 1 aliphatic heterocycles. The summed E-state index contributed by atoms with van der Waals surface area (Å²) in [7, 11) is 0. The highest BCUT2D eigenvalue weighted by Crippen LogP contribution is 2.18. The Bertz CT molecular complexity index is 547. The molecule has 0 bridgehead atoms. The van der Waals surface area contributed by atoms with Gasteiger partial charge in [0.05, 0.1) is 17.6 Å². The lowest BCUT2D eigenvalue weighted by atomic mass is 10.1. The van der Waals surface area contributed by atoms with E-state index in [1.165, 1.54) is 12.8 Å². The molecule has 5 nitrogen and oxygen atoms in total. The van der Waals surface area contributed by atoms with Gasteiger partial charge in [0.2, 0.25) is 0 Å². The summed E-state index contributed by atoms with van der Waals surface area (Å²) in [4.78, 5) is 15.7. The number of nitriles is 1. The molecule has 1 saturated heterocycles. The van der Waals surface area contributed by atoms with E-state index in [1.54, 1.807) is 13.0 Å². The maximum Gasteiger partial charge on any atom is 0.308 e. The fourth-order valence-corrected chi connectivity index (χ4v) is 2.77. The summed E-state index contributed by atoms with van der Waals surface area (Å²) in [5.74, 6) is -1.23. The standard InChI is InChI=1S/C17H23N3O2/c1-14(17(21)22)13-20(10-9-19-7-2-3-8-19)16-6-4-5-15(11-16)12-18/h4-6,11,14H,2-3,7-10,13H2,1H3,(H,21,22). The fourth-order valence-electron chi connectivity index (χ4n) is 2.77. The van der Waals surface area contributed by atoms with Gasteiger partial charge in [-0.25, -0.2) is 0 Å². The summed E-state index contributed by atoms with van der Waals surface area (Å²) >= 11 is 0. The van der Waals surface area contributed by atoms with Crippen molar-refractivity contribution < 1.29 is 9.90 Å². The Morgan fingerprint density at radius 2 is 2.18 bits per heavy atom. The van der Waals surface area contributed by atoms with Gasteiger partial charge in [-0.15, -0.1) is 0 Å². The van der Waals surface area contributed by atoms with Crippen molar-refractivity contribution in [3.05, 3.63) is 29.8 Å². The molecule has 1 fully saturated rings. The third kappa shape index (κ3) is 4.47. The van der Waals surface area contributed by atoms with Crippen molar-refractivity contribution in [3.63, 3.8) is 0 Å². The van der Waals surface area contributed by atoms with Crippen molar-refractivity contribution in [2.75, 3.05) is 37.6 Å². The summed E-state index contributed by atoms with van der Waals surface area (Å²) in [5, 5.41) is 18.2. The molecule has 0 aromatic heterocycles. The molecule has 0 amide bonds. The third-order valence-electron chi connectivity index (χ3n) is 4.14. The van der Waals surface area contributed by atoms with E-state index >= 15 is 0 Å². The maximum atomic E-state index is 11.2. The summed E-state index contributed by atoms with van der Waals surface area (Å²) in [6.07, 6.45) is 2.49. The van der Waals surface area contributed by atoms with E-state index in [4.69, 9.17) is 10.4 Å². The summed E-state index contributed by atoms with van der Waals surface area (Å²) in [6.45, 7) is 6.15. The van der Waals surface area contributed by atoms with E-state index in [2.05, 4.69) is 15.9 Å². The second kappa shape index (κ2) is 7.81. The topological polar surface area (TPSA) is 67.6 Å². The van der Waals surface area contributed by atoms with Crippen LogP contribution >= 0.6 is 0 Å². The molecule has 2 rings (SSSR count). The molecule has 0 aliphatic carbocycles. The van der Waals surface area contributed by atoms with Crippen molar-refractivity contribution in [2.45, 2.75) is 19.8 Å². The van der Waals surface area contributed by atoms with E-state index in [1.807, 2.05) is 18.2 Å². The van der Waals surface area contributed by atoms with E-state index < -0.39 is 11.9 Å². The fraction of sp³-hybridized carbons (Fsp3) is 0.529. The predicted octanol–water partition coefficient (Wildman–Crippen LogP) is 2.18. The van der Waals surface area contributed by atoms with Crippen molar-refractivity contribution in [3.8, 4) is 6.07 Å². The van der Waals surface area contributed by atoms with Gasteiger partial charge in [-0.3, -0.25) is 4.79 Å². The molecule has 1 heterocycles. The minimum Gasteiger partial charge on any atom is -0.481 e. The first-order chi connectivity index (χ1) is 10.6. The Morgan fingerprint density at radius 1 is 1.45 bits per heavy atom. The van der Waals surface area contributed by atoms with Crippen LogP contribution in [0.15, 0.2) is 24.3 Å². The number of anilines is 1. The first-order valence-corrected chi connectivity index (χ1v) is 7.80. The number of likely N-dealkylation sites (tertiary alicyclic amines) is 1. The van der Waals surface area contributed by atoms with Gasteiger partial charge < -0.3 is 14.9 Å². The average Bonchev–Trinajstić information content (AvgIpc) is 3.04. The quantitative estimate of drug-likeness (QED) is 0.836. The van der Waals surface area contributed by atoms with Gasteiger partial charge >= 0.3 is 5.97 Å². The van der Waals surface area contributed by atoms with Crippen molar-refractivity contribution >= 4 is 11.7 Å². The Balaban J connectivity index is 2.08. The Kier molecular flexibility index (Phi) is 5.79. The van der Waals surface area contributed by atoms with Gasteiger partial charge in [0.25, 0.3) is 0 Å². The largest absolute Gasteiger partial charge is 0.481 e. The van der Waals surface area contributed by atoms with Crippen LogP contribution in [0.4, 0.5) is 5.69 Å².